The number of rotatable bonds is 9. The van der Waals surface area contributed by atoms with E-state index in [-0.39, 0.29) is 36.6 Å². The maximum absolute atomic E-state index is 14.7. The van der Waals surface area contributed by atoms with Crippen LogP contribution < -0.4 is 5.32 Å². The highest BCUT2D eigenvalue weighted by Crippen LogP contribution is 2.21. The quantitative estimate of drug-likeness (QED) is 0.455. The van der Waals surface area contributed by atoms with E-state index in [4.69, 9.17) is 0 Å². The predicted molar refractivity (Wildman–Crippen MR) is 136 cm³/mol. The molecule has 182 valence electrons. The monoisotopic (exact) mass is 472 g/mol. The molecule has 5 heteroatoms. The SMILES string of the molecule is Cc1ccc(CC(=O)N(Cc2ccccc2F)C(Cc2ccccc2)C(=O)NC2CCCC2)cc1. The average Bonchev–Trinajstić information content (AvgIpc) is 3.37. The van der Waals surface area contributed by atoms with Crippen molar-refractivity contribution < 1.29 is 14.0 Å². The van der Waals surface area contributed by atoms with Crippen LogP contribution in [0.1, 0.15) is 47.9 Å². The lowest BCUT2D eigenvalue weighted by atomic mass is 10.0. The number of benzene rings is 3. The number of hydrogen-bond acceptors (Lipinski definition) is 2. The molecule has 35 heavy (non-hydrogen) atoms. The molecule has 0 aromatic heterocycles. The van der Waals surface area contributed by atoms with Gasteiger partial charge in [0.1, 0.15) is 11.9 Å². The maximum atomic E-state index is 14.7. The van der Waals surface area contributed by atoms with Gasteiger partial charge in [-0.05, 0) is 37.0 Å². The number of carbonyl (C=O) groups excluding carboxylic acids is 2. The van der Waals surface area contributed by atoms with Gasteiger partial charge in [-0.3, -0.25) is 9.59 Å². The van der Waals surface area contributed by atoms with Gasteiger partial charge < -0.3 is 10.2 Å². The molecule has 1 aliphatic carbocycles. The van der Waals surface area contributed by atoms with Gasteiger partial charge in [-0.25, -0.2) is 4.39 Å². The Morgan fingerprint density at radius 2 is 1.57 bits per heavy atom. The molecule has 2 amide bonds. The lowest BCUT2D eigenvalue weighted by Gasteiger charge is -2.32. The molecule has 0 spiro atoms. The first-order valence-corrected chi connectivity index (χ1v) is 12.4. The molecule has 0 aliphatic heterocycles. The predicted octanol–water partition coefficient (Wildman–Crippen LogP) is 5.38. The van der Waals surface area contributed by atoms with E-state index in [1.807, 2.05) is 61.5 Å². The Bertz CT molecular complexity index is 1120. The summed E-state index contributed by atoms with van der Waals surface area (Å²) in [6.45, 7) is 2.03. The van der Waals surface area contributed by atoms with Gasteiger partial charge in [0.15, 0.2) is 0 Å². The second-order valence-electron chi connectivity index (χ2n) is 9.47. The molecule has 1 N–H and O–H groups in total. The minimum atomic E-state index is -0.740. The van der Waals surface area contributed by atoms with Crippen molar-refractivity contribution in [3.63, 3.8) is 0 Å². The largest absolute Gasteiger partial charge is 0.352 e. The van der Waals surface area contributed by atoms with Gasteiger partial charge in [-0.15, -0.1) is 0 Å². The Labute approximate surface area is 207 Å². The molecule has 3 aromatic rings. The second-order valence-corrected chi connectivity index (χ2v) is 9.47. The van der Waals surface area contributed by atoms with E-state index in [9.17, 15) is 14.0 Å². The van der Waals surface area contributed by atoms with Gasteiger partial charge in [-0.2, -0.15) is 0 Å². The van der Waals surface area contributed by atoms with Gasteiger partial charge in [0.05, 0.1) is 6.42 Å². The lowest BCUT2D eigenvalue weighted by Crippen LogP contribution is -2.52. The van der Waals surface area contributed by atoms with Crippen LogP contribution in [0, 0.1) is 12.7 Å². The highest BCUT2D eigenvalue weighted by atomic mass is 19.1. The van der Waals surface area contributed by atoms with Crippen molar-refractivity contribution >= 4 is 11.8 Å². The zero-order valence-electron chi connectivity index (χ0n) is 20.3. The maximum Gasteiger partial charge on any atom is 0.243 e. The Morgan fingerprint density at radius 1 is 0.914 bits per heavy atom. The van der Waals surface area contributed by atoms with Crippen LogP contribution in [0.5, 0.6) is 0 Å². The molecule has 3 aromatic carbocycles. The van der Waals surface area contributed by atoms with E-state index < -0.39 is 6.04 Å². The summed E-state index contributed by atoms with van der Waals surface area (Å²) in [6.07, 6.45) is 4.62. The number of carbonyl (C=O) groups is 2. The second kappa shape index (κ2) is 11.8. The summed E-state index contributed by atoms with van der Waals surface area (Å²) >= 11 is 0. The summed E-state index contributed by atoms with van der Waals surface area (Å²) < 4.78 is 14.7. The number of nitrogens with zero attached hydrogens (tertiary/aromatic N) is 1. The Balaban J connectivity index is 1.66. The van der Waals surface area contributed by atoms with Crippen LogP contribution >= 0.6 is 0 Å². The summed E-state index contributed by atoms with van der Waals surface area (Å²) in [5.74, 6) is -0.746. The van der Waals surface area contributed by atoms with Crippen LogP contribution in [0.25, 0.3) is 0 Å². The van der Waals surface area contributed by atoms with Crippen LogP contribution in [0.15, 0.2) is 78.9 Å². The number of aryl methyl sites for hydroxylation is 1. The van der Waals surface area contributed by atoms with Crippen LogP contribution in [0.4, 0.5) is 4.39 Å². The van der Waals surface area contributed by atoms with Crippen molar-refractivity contribution in [2.24, 2.45) is 0 Å². The minimum Gasteiger partial charge on any atom is -0.352 e. The van der Waals surface area contributed by atoms with E-state index >= 15 is 0 Å². The fourth-order valence-electron chi connectivity index (χ4n) is 4.71. The normalized spacial score (nSPS) is 14.5. The third kappa shape index (κ3) is 6.78. The Morgan fingerprint density at radius 3 is 2.26 bits per heavy atom. The first kappa shape index (κ1) is 24.6. The Kier molecular flexibility index (Phi) is 8.30. The highest BCUT2D eigenvalue weighted by Gasteiger charge is 2.32. The number of halogens is 1. The Hall–Kier alpha value is -3.47. The zero-order chi connectivity index (χ0) is 24.6. The summed E-state index contributed by atoms with van der Waals surface area (Å²) in [6, 6.07) is 23.3. The van der Waals surface area contributed by atoms with Crippen molar-refractivity contribution in [2.75, 3.05) is 0 Å². The van der Waals surface area contributed by atoms with Crippen molar-refractivity contribution in [1.82, 2.24) is 10.2 Å². The molecule has 1 saturated carbocycles. The van der Waals surface area contributed by atoms with Gasteiger partial charge in [-0.1, -0.05) is 91.2 Å². The molecule has 1 atom stereocenters. The van der Waals surface area contributed by atoms with Crippen LogP contribution in [-0.4, -0.2) is 28.8 Å². The molecule has 0 bridgehead atoms. The molecule has 1 fully saturated rings. The van der Waals surface area contributed by atoms with E-state index in [1.165, 1.54) is 6.07 Å². The van der Waals surface area contributed by atoms with E-state index in [2.05, 4.69) is 5.32 Å². The van der Waals surface area contributed by atoms with Crippen molar-refractivity contribution in [3.8, 4) is 0 Å². The van der Waals surface area contributed by atoms with Crippen molar-refractivity contribution in [1.29, 1.82) is 0 Å². The lowest BCUT2D eigenvalue weighted by molar-refractivity contribution is -0.141. The molecular weight excluding hydrogens is 439 g/mol. The fraction of sp³-hybridized carbons (Fsp3) is 0.333. The molecule has 0 saturated heterocycles. The summed E-state index contributed by atoms with van der Waals surface area (Å²) in [5.41, 5.74) is 3.34. The number of amides is 2. The molecule has 4 rings (SSSR count). The van der Waals surface area contributed by atoms with E-state index in [0.717, 1.165) is 42.4 Å². The van der Waals surface area contributed by atoms with Crippen molar-refractivity contribution in [2.45, 2.75) is 64.1 Å². The minimum absolute atomic E-state index is 0.0347. The molecule has 4 nitrogen and oxygen atoms in total. The zero-order valence-corrected chi connectivity index (χ0v) is 20.3. The summed E-state index contributed by atoms with van der Waals surface area (Å²) in [4.78, 5) is 28.9. The van der Waals surface area contributed by atoms with Gasteiger partial charge in [0.2, 0.25) is 11.8 Å². The van der Waals surface area contributed by atoms with E-state index in [0.29, 0.717) is 12.0 Å². The standard InChI is InChI=1S/C30H33FN2O2/c1-22-15-17-24(18-16-22)20-29(34)33(21-25-11-5-8-14-27(25)31)28(19-23-9-3-2-4-10-23)30(35)32-26-12-6-7-13-26/h2-5,8-11,14-18,26,28H,6-7,12-13,19-21H2,1H3,(H,32,35). The van der Waals surface area contributed by atoms with Crippen molar-refractivity contribution in [3.05, 3.63) is 107 Å². The first-order chi connectivity index (χ1) is 17.0. The third-order valence-corrected chi connectivity index (χ3v) is 6.75. The van der Waals surface area contributed by atoms with Crippen LogP contribution in [0.2, 0.25) is 0 Å². The smallest absolute Gasteiger partial charge is 0.243 e. The molecule has 0 heterocycles. The fourth-order valence-corrected chi connectivity index (χ4v) is 4.71. The summed E-state index contributed by atoms with van der Waals surface area (Å²) in [5, 5.41) is 3.18. The van der Waals surface area contributed by atoms with E-state index in [1.54, 1.807) is 23.1 Å². The topological polar surface area (TPSA) is 49.4 Å². The molecular formula is C30H33FN2O2. The van der Waals surface area contributed by atoms with Crippen LogP contribution in [-0.2, 0) is 29.0 Å². The summed E-state index contributed by atoms with van der Waals surface area (Å²) in [7, 11) is 0. The molecule has 0 radical (unpaired) electrons. The third-order valence-electron chi connectivity index (χ3n) is 6.75. The van der Waals surface area contributed by atoms with Gasteiger partial charge >= 0.3 is 0 Å². The number of hydrogen-bond donors (Lipinski definition) is 1. The van der Waals surface area contributed by atoms with Crippen LogP contribution in [0.3, 0.4) is 0 Å². The average molecular weight is 473 g/mol. The first-order valence-electron chi connectivity index (χ1n) is 12.4. The molecule has 1 unspecified atom stereocenters. The molecule has 1 aliphatic rings. The van der Waals surface area contributed by atoms with Gasteiger partial charge in [0, 0.05) is 24.6 Å². The highest BCUT2D eigenvalue weighted by molar-refractivity contribution is 5.89. The number of nitrogens with one attached hydrogen (secondary N) is 1. The van der Waals surface area contributed by atoms with Gasteiger partial charge in [0.25, 0.3) is 0 Å².